The average Bonchev–Trinajstić information content (AvgIpc) is 3.74. The molecular formula is C38H24O2. The molecule has 0 atom stereocenters. The van der Waals surface area contributed by atoms with Gasteiger partial charge in [0.25, 0.3) is 0 Å². The summed E-state index contributed by atoms with van der Waals surface area (Å²) in [4.78, 5) is 0. The minimum absolute atomic E-state index is 0.888. The molecule has 0 unspecified atom stereocenters. The number of benzene rings is 6. The molecule has 2 aromatic heterocycles. The Labute approximate surface area is 231 Å². The molecule has 0 aliphatic heterocycles. The Morgan fingerprint density at radius 2 is 0.625 bits per heavy atom. The molecule has 40 heavy (non-hydrogen) atoms. The van der Waals surface area contributed by atoms with Crippen molar-refractivity contribution in [1.82, 2.24) is 0 Å². The van der Waals surface area contributed by atoms with Gasteiger partial charge in [-0.25, -0.2) is 0 Å². The summed E-state index contributed by atoms with van der Waals surface area (Å²) in [6, 6.07) is 47.6. The van der Waals surface area contributed by atoms with E-state index in [0.29, 0.717) is 0 Å². The lowest BCUT2D eigenvalue weighted by Gasteiger charge is -2.10. The van der Waals surface area contributed by atoms with E-state index >= 15 is 0 Å². The van der Waals surface area contributed by atoms with Crippen molar-refractivity contribution in [3.8, 4) is 44.9 Å². The summed E-state index contributed by atoms with van der Waals surface area (Å²) in [6.45, 7) is 0. The van der Waals surface area contributed by atoms with Crippen LogP contribution in [0.3, 0.4) is 0 Å². The van der Waals surface area contributed by atoms with Crippen LogP contribution in [0.15, 0.2) is 155 Å². The van der Waals surface area contributed by atoms with Gasteiger partial charge in [0.2, 0.25) is 0 Å². The monoisotopic (exact) mass is 512 g/mol. The molecule has 8 rings (SSSR count). The first-order chi connectivity index (χ1) is 19.8. The summed E-state index contributed by atoms with van der Waals surface area (Å²) in [5.74, 6) is 1.78. The van der Waals surface area contributed by atoms with Crippen LogP contribution in [-0.4, -0.2) is 0 Å². The van der Waals surface area contributed by atoms with Crippen LogP contribution in [0, 0.1) is 0 Å². The smallest absolute Gasteiger partial charge is 0.133 e. The maximum Gasteiger partial charge on any atom is 0.133 e. The molecular weight excluding hydrogens is 488 g/mol. The normalized spacial score (nSPS) is 11.5. The lowest BCUT2D eigenvalue weighted by atomic mass is 9.95. The van der Waals surface area contributed by atoms with Gasteiger partial charge < -0.3 is 8.83 Å². The van der Waals surface area contributed by atoms with E-state index in [2.05, 4.69) is 109 Å². The Morgan fingerprint density at radius 1 is 0.275 bits per heavy atom. The predicted molar refractivity (Wildman–Crippen MR) is 165 cm³/mol. The molecule has 0 spiro atoms. The molecule has 8 aromatic rings. The minimum Gasteiger partial charge on any atom is -0.464 e. The average molecular weight is 513 g/mol. The molecule has 0 saturated heterocycles. The van der Waals surface area contributed by atoms with Crippen LogP contribution >= 0.6 is 0 Å². The van der Waals surface area contributed by atoms with Gasteiger partial charge in [-0.3, -0.25) is 0 Å². The molecule has 2 heterocycles. The standard InChI is InChI=1S/C38H24O2/c1-3-37(39-17-1)27-9-5-25(6-10-27)29-13-15-31-21-36-24-34-20-30(14-16-32(34)22-35(36)23-33(31)19-29)26-7-11-28(12-8-26)38-4-2-18-40-38/h1-24H. The lowest BCUT2D eigenvalue weighted by Crippen LogP contribution is -1.83. The van der Waals surface area contributed by atoms with Crippen molar-refractivity contribution >= 4 is 32.3 Å². The van der Waals surface area contributed by atoms with Crippen LogP contribution in [0.4, 0.5) is 0 Å². The van der Waals surface area contributed by atoms with Crippen LogP contribution in [0.25, 0.3) is 77.2 Å². The molecule has 0 bridgehead atoms. The highest BCUT2D eigenvalue weighted by molar-refractivity contribution is 6.06. The van der Waals surface area contributed by atoms with Gasteiger partial charge in [-0.1, -0.05) is 72.8 Å². The molecule has 0 saturated carbocycles. The lowest BCUT2D eigenvalue weighted by molar-refractivity contribution is 0.582. The summed E-state index contributed by atoms with van der Waals surface area (Å²) in [7, 11) is 0. The third-order valence-corrected chi connectivity index (χ3v) is 7.80. The molecule has 2 nitrogen and oxygen atoms in total. The van der Waals surface area contributed by atoms with E-state index in [1.807, 2.05) is 24.3 Å². The first-order valence-electron chi connectivity index (χ1n) is 13.5. The minimum atomic E-state index is 0.888. The molecule has 0 fully saturated rings. The second-order valence-corrected chi connectivity index (χ2v) is 10.3. The van der Waals surface area contributed by atoms with Crippen LogP contribution in [-0.2, 0) is 0 Å². The zero-order valence-corrected chi connectivity index (χ0v) is 21.7. The van der Waals surface area contributed by atoms with Crippen molar-refractivity contribution in [3.63, 3.8) is 0 Å². The van der Waals surface area contributed by atoms with Crippen molar-refractivity contribution in [2.75, 3.05) is 0 Å². The molecule has 6 aromatic carbocycles. The van der Waals surface area contributed by atoms with E-state index in [9.17, 15) is 0 Å². The Kier molecular flexibility index (Phi) is 5.17. The van der Waals surface area contributed by atoms with Gasteiger partial charge >= 0.3 is 0 Å². The molecule has 0 aliphatic carbocycles. The molecule has 0 aliphatic rings. The maximum atomic E-state index is 5.54. The van der Waals surface area contributed by atoms with E-state index in [1.165, 1.54) is 54.6 Å². The fourth-order valence-electron chi connectivity index (χ4n) is 5.65. The fourth-order valence-corrected chi connectivity index (χ4v) is 5.65. The Balaban J connectivity index is 1.14. The quantitative estimate of drug-likeness (QED) is 0.219. The first-order valence-corrected chi connectivity index (χ1v) is 13.5. The zero-order chi connectivity index (χ0) is 26.5. The summed E-state index contributed by atoms with van der Waals surface area (Å²) in [6.07, 6.45) is 3.42. The summed E-state index contributed by atoms with van der Waals surface area (Å²) < 4.78 is 11.1. The van der Waals surface area contributed by atoms with Gasteiger partial charge in [-0.15, -0.1) is 0 Å². The molecule has 0 radical (unpaired) electrons. The van der Waals surface area contributed by atoms with E-state index in [0.717, 1.165) is 22.6 Å². The van der Waals surface area contributed by atoms with Gasteiger partial charge in [0.1, 0.15) is 11.5 Å². The third-order valence-electron chi connectivity index (χ3n) is 7.80. The summed E-state index contributed by atoms with van der Waals surface area (Å²) in [5.41, 5.74) is 6.98. The predicted octanol–water partition coefficient (Wildman–Crippen LogP) is 11.0. The largest absolute Gasteiger partial charge is 0.464 e. The molecule has 188 valence electrons. The summed E-state index contributed by atoms with van der Waals surface area (Å²) >= 11 is 0. The van der Waals surface area contributed by atoms with Crippen molar-refractivity contribution in [1.29, 1.82) is 0 Å². The number of hydrogen-bond donors (Lipinski definition) is 0. The van der Waals surface area contributed by atoms with Gasteiger partial charge in [0, 0.05) is 11.1 Å². The zero-order valence-electron chi connectivity index (χ0n) is 21.7. The van der Waals surface area contributed by atoms with Gasteiger partial charge in [-0.2, -0.15) is 0 Å². The summed E-state index contributed by atoms with van der Waals surface area (Å²) in [5, 5.41) is 7.47. The Hall–Kier alpha value is -5.34. The van der Waals surface area contributed by atoms with Crippen LogP contribution in [0.2, 0.25) is 0 Å². The van der Waals surface area contributed by atoms with Crippen molar-refractivity contribution in [3.05, 3.63) is 146 Å². The van der Waals surface area contributed by atoms with Crippen molar-refractivity contribution in [2.24, 2.45) is 0 Å². The van der Waals surface area contributed by atoms with Gasteiger partial charge in [0.05, 0.1) is 12.5 Å². The van der Waals surface area contributed by atoms with E-state index in [1.54, 1.807) is 12.5 Å². The third kappa shape index (κ3) is 3.98. The molecule has 0 amide bonds. The SMILES string of the molecule is c1coc(-c2ccc(-c3ccc4cc5cc6cc(-c7ccc(-c8ccco8)cc7)ccc6cc5cc4c3)cc2)c1. The van der Waals surface area contributed by atoms with Gasteiger partial charge in [0.15, 0.2) is 0 Å². The topological polar surface area (TPSA) is 26.3 Å². The second-order valence-electron chi connectivity index (χ2n) is 10.3. The highest BCUT2D eigenvalue weighted by Crippen LogP contribution is 2.33. The highest BCUT2D eigenvalue weighted by atomic mass is 16.3. The van der Waals surface area contributed by atoms with E-state index < -0.39 is 0 Å². The fraction of sp³-hybridized carbons (Fsp3) is 0. The molecule has 0 N–H and O–H groups in total. The first kappa shape index (κ1) is 22.6. The van der Waals surface area contributed by atoms with Crippen LogP contribution in [0.5, 0.6) is 0 Å². The second kappa shape index (κ2) is 9.14. The van der Waals surface area contributed by atoms with E-state index in [4.69, 9.17) is 8.83 Å². The van der Waals surface area contributed by atoms with Crippen molar-refractivity contribution < 1.29 is 8.83 Å². The maximum absolute atomic E-state index is 5.54. The Bertz CT molecular complexity index is 1960. The highest BCUT2D eigenvalue weighted by Gasteiger charge is 2.07. The number of rotatable bonds is 4. The van der Waals surface area contributed by atoms with Crippen LogP contribution < -0.4 is 0 Å². The van der Waals surface area contributed by atoms with Crippen LogP contribution in [0.1, 0.15) is 0 Å². The number of fused-ring (bicyclic) bond motifs is 3. The van der Waals surface area contributed by atoms with E-state index in [-0.39, 0.29) is 0 Å². The number of furan rings is 2. The number of hydrogen-bond acceptors (Lipinski definition) is 2. The van der Waals surface area contributed by atoms with Crippen molar-refractivity contribution in [2.45, 2.75) is 0 Å². The van der Waals surface area contributed by atoms with Gasteiger partial charge in [-0.05, 0) is 115 Å². The Morgan fingerprint density at radius 3 is 1.02 bits per heavy atom. The molecule has 2 heteroatoms.